The van der Waals surface area contributed by atoms with Gasteiger partial charge in [0.05, 0.1) is 11.8 Å². The van der Waals surface area contributed by atoms with Gasteiger partial charge in [-0.15, -0.1) is 6.58 Å². The minimum Gasteiger partial charge on any atom is -0.463 e. The van der Waals surface area contributed by atoms with Crippen molar-refractivity contribution in [3.05, 3.63) is 71.6 Å². The van der Waals surface area contributed by atoms with Gasteiger partial charge in [-0.1, -0.05) is 35.9 Å². The normalized spacial score (nSPS) is 10.9. The van der Waals surface area contributed by atoms with Gasteiger partial charge in [0.1, 0.15) is 5.69 Å². The topological polar surface area (TPSA) is 38.4 Å². The minimum absolute atomic E-state index is 0.0845. The molecule has 3 rings (SSSR count). The molecule has 0 aliphatic rings. The Hall–Kier alpha value is -2.46. The molecule has 0 unspecified atom stereocenters. The summed E-state index contributed by atoms with van der Waals surface area (Å²) in [5.74, 6) is -0.0845. The van der Waals surface area contributed by atoms with E-state index in [1.54, 1.807) is 23.3 Å². The van der Waals surface area contributed by atoms with Crippen molar-refractivity contribution in [3.63, 3.8) is 0 Å². The van der Waals surface area contributed by atoms with Crippen LogP contribution < -0.4 is 0 Å². The molecular weight excluding hydrogens is 312 g/mol. The molecule has 4 nitrogen and oxygen atoms in total. The third-order valence-corrected chi connectivity index (χ3v) is 4.21. The number of aryl methyl sites for hydroxylation is 1. The molecule has 0 saturated carbocycles. The summed E-state index contributed by atoms with van der Waals surface area (Å²) in [6, 6.07) is 11.1. The molecule has 3 aromatic rings. The first-order valence-corrected chi connectivity index (χ1v) is 7.66. The maximum Gasteiger partial charge on any atom is 0.271 e. The second-order valence-electron chi connectivity index (χ2n) is 5.32. The summed E-state index contributed by atoms with van der Waals surface area (Å²) in [5.41, 5.74) is 3.08. The van der Waals surface area contributed by atoms with Crippen LogP contribution in [0.5, 0.6) is 0 Å². The van der Waals surface area contributed by atoms with E-state index in [1.807, 2.05) is 41.9 Å². The second kappa shape index (κ2) is 6.34. The first kappa shape index (κ1) is 15.4. The summed E-state index contributed by atoms with van der Waals surface area (Å²) in [4.78, 5) is 14.6. The maximum absolute atomic E-state index is 12.9. The van der Waals surface area contributed by atoms with Crippen molar-refractivity contribution in [2.24, 2.45) is 7.05 Å². The van der Waals surface area contributed by atoms with E-state index in [2.05, 4.69) is 6.58 Å². The van der Waals surface area contributed by atoms with Crippen LogP contribution in [0.4, 0.5) is 0 Å². The number of halogens is 1. The third-order valence-electron chi connectivity index (χ3n) is 3.84. The van der Waals surface area contributed by atoms with E-state index >= 15 is 0 Å². The molecule has 0 fully saturated rings. The van der Waals surface area contributed by atoms with Crippen molar-refractivity contribution in [3.8, 4) is 0 Å². The fourth-order valence-electron chi connectivity index (χ4n) is 2.62. The van der Waals surface area contributed by atoms with Gasteiger partial charge in [0.15, 0.2) is 5.58 Å². The van der Waals surface area contributed by atoms with Gasteiger partial charge in [0.2, 0.25) is 0 Å². The lowest BCUT2D eigenvalue weighted by molar-refractivity contribution is 0.0753. The smallest absolute Gasteiger partial charge is 0.271 e. The van der Waals surface area contributed by atoms with Crippen LogP contribution in [0.3, 0.4) is 0 Å². The number of rotatable bonds is 5. The quantitative estimate of drug-likeness (QED) is 0.657. The molecule has 1 aromatic carbocycles. The molecule has 118 valence electrons. The Morgan fingerprint density at radius 1 is 1.39 bits per heavy atom. The Balaban J connectivity index is 1.92. The van der Waals surface area contributed by atoms with Crippen LogP contribution in [-0.4, -0.2) is 21.9 Å². The number of amides is 1. The highest BCUT2D eigenvalue weighted by Gasteiger charge is 2.21. The number of carbonyl (C=O) groups is 1. The predicted octanol–water partition coefficient (Wildman–Crippen LogP) is 4.25. The highest BCUT2D eigenvalue weighted by molar-refractivity contribution is 6.31. The number of nitrogens with zero attached hydrogens (tertiary/aromatic N) is 2. The van der Waals surface area contributed by atoms with Crippen molar-refractivity contribution >= 4 is 28.6 Å². The first-order chi connectivity index (χ1) is 11.1. The summed E-state index contributed by atoms with van der Waals surface area (Å²) in [6.07, 6.45) is 3.33. The number of aromatic nitrogens is 1. The molecule has 0 radical (unpaired) electrons. The average Bonchev–Trinajstić information content (AvgIpc) is 3.11. The summed E-state index contributed by atoms with van der Waals surface area (Å²) < 4.78 is 7.21. The maximum atomic E-state index is 12.9. The summed E-state index contributed by atoms with van der Waals surface area (Å²) >= 11 is 6.21. The van der Waals surface area contributed by atoms with Crippen molar-refractivity contribution < 1.29 is 9.21 Å². The van der Waals surface area contributed by atoms with Gasteiger partial charge in [-0.25, -0.2) is 0 Å². The molecule has 0 aliphatic carbocycles. The average molecular weight is 329 g/mol. The van der Waals surface area contributed by atoms with E-state index in [1.165, 1.54) is 0 Å². The molecule has 0 bridgehead atoms. The molecule has 0 aliphatic heterocycles. The Morgan fingerprint density at radius 2 is 2.17 bits per heavy atom. The molecule has 23 heavy (non-hydrogen) atoms. The van der Waals surface area contributed by atoms with Crippen LogP contribution in [-0.2, 0) is 13.6 Å². The van der Waals surface area contributed by atoms with E-state index in [4.69, 9.17) is 16.0 Å². The lowest BCUT2D eigenvalue weighted by atomic mass is 10.2. The highest BCUT2D eigenvalue weighted by atomic mass is 35.5. The van der Waals surface area contributed by atoms with E-state index < -0.39 is 0 Å². The van der Waals surface area contributed by atoms with Crippen LogP contribution in [0.2, 0.25) is 5.02 Å². The van der Waals surface area contributed by atoms with Gasteiger partial charge in [0, 0.05) is 37.3 Å². The minimum atomic E-state index is -0.0845. The fraction of sp³-hybridized carbons (Fsp3) is 0.167. The van der Waals surface area contributed by atoms with Crippen molar-refractivity contribution in [2.75, 3.05) is 6.54 Å². The molecule has 0 N–H and O–H groups in total. The zero-order valence-electron chi connectivity index (χ0n) is 12.8. The predicted molar refractivity (Wildman–Crippen MR) is 91.6 cm³/mol. The van der Waals surface area contributed by atoms with Gasteiger partial charge in [-0.3, -0.25) is 4.79 Å². The van der Waals surface area contributed by atoms with Crippen molar-refractivity contribution in [1.82, 2.24) is 9.47 Å². The van der Waals surface area contributed by atoms with Crippen LogP contribution in [0.25, 0.3) is 11.1 Å². The summed E-state index contributed by atoms with van der Waals surface area (Å²) in [7, 11) is 1.85. The van der Waals surface area contributed by atoms with Gasteiger partial charge in [-0.05, 0) is 11.6 Å². The highest BCUT2D eigenvalue weighted by Crippen LogP contribution is 2.23. The SMILES string of the molecule is C=CCN(Cc1ccccc1Cl)C(=O)c1cc2occc2n1C. The van der Waals surface area contributed by atoms with Crippen LogP contribution in [0, 0.1) is 0 Å². The van der Waals surface area contributed by atoms with Crippen molar-refractivity contribution in [2.45, 2.75) is 6.54 Å². The van der Waals surface area contributed by atoms with E-state index in [0.29, 0.717) is 29.4 Å². The summed E-state index contributed by atoms with van der Waals surface area (Å²) in [6.45, 7) is 4.61. The zero-order chi connectivity index (χ0) is 16.4. The molecule has 1 amide bonds. The third kappa shape index (κ3) is 2.90. The molecule has 0 atom stereocenters. The molecule has 0 spiro atoms. The largest absolute Gasteiger partial charge is 0.463 e. The lowest BCUT2D eigenvalue weighted by Crippen LogP contribution is -2.32. The second-order valence-corrected chi connectivity index (χ2v) is 5.73. The van der Waals surface area contributed by atoms with Crippen LogP contribution in [0.1, 0.15) is 16.1 Å². The number of furan rings is 1. The standard InChI is InChI=1S/C18H17ClN2O2/c1-3-9-21(12-13-6-4-5-7-14(13)19)18(22)16-11-17-15(20(16)2)8-10-23-17/h3-8,10-11H,1,9,12H2,2H3. The number of fused-ring (bicyclic) bond motifs is 1. The number of hydrogen-bond donors (Lipinski definition) is 0. The number of benzene rings is 1. The lowest BCUT2D eigenvalue weighted by Gasteiger charge is -2.22. The Kier molecular flexibility index (Phi) is 4.26. The fourth-order valence-corrected chi connectivity index (χ4v) is 2.82. The van der Waals surface area contributed by atoms with Crippen LogP contribution >= 0.6 is 11.6 Å². The van der Waals surface area contributed by atoms with E-state index in [9.17, 15) is 4.79 Å². The Labute approximate surface area is 139 Å². The van der Waals surface area contributed by atoms with Gasteiger partial charge < -0.3 is 13.9 Å². The van der Waals surface area contributed by atoms with E-state index in [0.717, 1.165) is 11.1 Å². The molecular formula is C18H17ClN2O2. The molecule has 0 saturated heterocycles. The Bertz CT molecular complexity index is 863. The van der Waals surface area contributed by atoms with Gasteiger partial charge in [0.25, 0.3) is 5.91 Å². The first-order valence-electron chi connectivity index (χ1n) is 7.28. The van der Waals surface area contributed by atoms with Gasteiger partial charge in [-0.2, -0.15) is 0 Å². The molecule has 2 aromatic heterocycles. The number of carbonyl (C=O) groups excluding carboxylic acids is 1. The van der Waals surface area contributed by atoms with Gasteiger partial charge >= 0.3 is 0 Å². The van der Waals surface area contributed by atoms with Crippen molar-refractivity contribution in [1.29, 1.82) is 0 Å². The van der Waals surface area contributed by atoms with E-state index in [-0.39, 0.29) is 5.91 Å². The molecule has 5 heteroatoms. The molecule has 2 heterocycles. The monoisotopic (exact) mass is 328 g/mol. The zero-order valence-corrected chi connectivity index (χ0v) is 13.6. The Morgan fingerprint density at radius 3 is 2.87 bits per heavy atom. The number of hydrogen-bond acceptors (Lipinski definition) is 2. The van der Waals surface area contributed by atoms with Crippen LogP contribution in [0.15, 0.2) is 59.7 Å². The summed E-state index contributed by atoms with van der Waals surface area (Å²) in [5, 5.41) is 0.648.